The predicted octanol–water partition coefficient (Wildman–Crippen LogP) is 4.78. The zero-order valence-electron chi connectivity index (χ0n) is 15.7. The van der Waals surface area contributed by atoms with E-state index in [-0.39, 0.29) is 22.5 Å². The number of nitrogens with zero attached hydrogens (tertiary/aromatic N) is 2. The van der Waals surface area contributed by atoms with Crippen molar-refractivity contribution >= 4 is 23.5 Å². The fourth-order valence-corrected chi connectivity index (χ4v) is 3.14. The molecule has 1 aromatic heterocycles. The van der Waals surface area contributed by atoms with Crippen LogP contribution < -0.4 is 0 Å². The number of hydrogen-bond donors (Lipinski definition) is 0. The Kier molecular flexibility index (Phi) is 5.84. The van der Waals surface area contributed by atoms with Crippen molar-refractivity contribution < 1.29 is 32.2 Å². The molecule has 0 radical (unpaired) electrons. The maximum Gasteiger partial charge on any atom is 0.417 e. The zero-order chi connectivity index (χ0) is 22.1. The second kappa shape index (κ2) is 8.19. The van der Waals surface area contributed by atoms with Gasteiger partial charge in [-0.3, -0.25) is 0 Å². The van der Waals surface area contributed by atoms with Gasteiger partial charge >= 0.3 is 18.1 Å². The van der Waals surface area contributed by atoms with E-state index >= 15 is 0 Å². The standard InChI is InChI=1S/C20H14ClF3N2O4/c1-29-18(27)15-16(11-8-9-13(14(21)10-11)20(22,23)24)25-26(17(15)19(28)30-2)12-6-4-3-5-7-12/h3-10H,1-2H3. The molecule has 0 atom stereocenters. The Hall–Kier alpha value is -3.33. The van der Waals surface area contributed by atoms with Crippen LogP contribution in [0.4, 0.5) is 13.2 Å². The molecule has 0 unspecified atom stereocenters. The molecule has 0 fully saturated rings. The Morgan fingerprint density at radius 2 is 1.63 bits per heavy atom. The average molecular weight is 439 g/mol. The highest BCUT2D eigenvalue weighted by atomic mass is 35.5. The van der Waals surface area contributed by atoms with E-state index in [9.17, 15) is 22.8 Å². The number of para-hydroxylation sites is 1. The maximum atomic E-state index is 13.0. The van der Waals surface area contributed by atoms with Crippen molar-refractivity contribution in [3.63, 3.8) is 0 Å². The normalized spacial score (nSPS) is 11.3. The van der Waals surface area contributed by atoms with Crippen LogP contribution in [-0.2, 0) is 15.7 Å². The third-order valence-corrected chi connectivity index (χ3v) is 4.52. The van der Waals surface area contributed by atoms with E-state index in [0.29, 0.717) is 5.69 Å². The fourth-order valence-electron chi connectivity index (χ4n) is 2.85. The number of halogens is 4. The lowest BCUT2D eigenvalue weighted by atomic mass is 10.0. The summed E-state index contributed by atoms with van der Waals surface area (Å²) >= 11 is 5.82. The van der Waals surface area contributed by atoms with Crippen LogP contribution in [0.25, 0.3) is 16.9 Å². The number of carbonyl (C=O) groups is 2. The Morgan fingerprint density at radius 1 is 1.00 bits per heavy atom. The van der Waals surface area contributed by atoms with Crippen LogP contribution in [0.1, 0.15) is 26.4 Å². The first-order valence-electron chi connectivity index (χ1n) is 8.41. The van der Waals surface area contributed by atoms with Gasteiger partial charge in [0.15, 0.2) is 5.69 Å². The molecule has 0 aliphatic carbocycles. The van der Waals surface area contributed by atoms with Crippen LogP contribution in [0, 0.1) is 0 Å². The van der Waals surface area contributed by atoms with E-state index in [4.69, 9.17) is 21.1 Å². The number of benzene rings is 2. The van der Waals surface area contributed by atoms with Crippen molar-refractivity contribution in [3.8, 4) is 16.9 Å². The van der Waals surface area contributed by atoms with Gasteiger partial charge in [-0.15, -0.1) is 0 Å². The second-order valence-corrected chi connectivity index (χ2v) is 6.40. The maximum absolute atomic E-state index is 13.0. The number of rotatable bonds is 4. The van der Waals surface area contributed by atoms with Crippen LogP contribution in [-0.4, -0.2) is 35.9 Å². The molecule has 0 aliphatic heterocycles. The number of methoxy groups -OCH3 is 2. The largest absolute Gasteiger partial charge is 0.465 e. The number of carbonyl (C=O) groups excluding carboxylic acids is 2. The van der Waals surface area contributed by atoms with Crippen molar-refractivity contribution in [2.45, 2.75) is 6.18 Å². The number of aromatic nitrogens is 2. The highest BCUT2D eigenvalue weighted by Gasteiger charge is 2.35. The summed E-state index contributed by atoms with van der Waals surface area (Å²) in [4.78, 5) is 25.0. The van der Waals surface area contributed by atoms with Crippen LogP contribution in [0.5, 0.6) is 0 Å². The molecule has 1 heterocycles. The highest BCUT2D eigenvalue weighted by Crippen LogP contribution is 2.38. The van der Waals surface area contributed by atoms with Gasteiger partial charge in [-0.05, 0) is 24.3 Å². The Morgan fingerprint density at radius 3 is 2.17 bits per heavy atom. The fraction of sp³-hybridized carbons (Fsp3) is 0.150. The molecular weight excluding hydrogens is 425 g/mol. The molecule has 2 aromatic carbocycles. The summed E-state index contributed by atoms with van der Waals surface area (Å²) in [5, 5.41) is 3.72. The van der Waals surface area contributed by atoms with Crippen molar-refractivity contribution in [2.24, 2.45) is 0 Å². The second-order valence-electron chi connectivity index (χ2n) is 6.00. The van der Waals surface area contributed by atoms with Gasteiger partial charge in [-0.2, -0.15) is 18.3 Å². The van der Waals surface area contributed by atoms with E-state index in [1.807, 2.05) is 0 Å². The topological polar surface area (TPSA) is 70.4 Å². The smallest absolute Gasteiger partial charge is 0.417 e. The lowest BCUT2D eigenvalue weighted by molar-refractivity contribution is -0.137. The molecule has 0 saturated heterocycles. The summed E-state index contributed by atoms with van der Waals surface area (Å²) in [5.41, 5.74) is -1.10. The minimum absolute atomic E-state index is 0.0817. The molecule has 0 saturated carbocycles. The monoisotopic (exact) mass is 438 g/mol. The Labute approximate surface area is 173 Å². The van der Waals surface area contributed by atoms with Gasteiger partial charge in [0, 0.05) is 5.56 Å². The van der Waals surface area contributed by atoms with Crippen LogP contribution >= 0.6 is 11.6 Å². The van der Waals surface area contributed by atoms with Gasteiger partial charge in [-0.25, -0.2) is 14.3 Å². The number of esters is 2. The quantitative estimate of drug-likeness (QED) is 0.548. The molecule has 0 bridgehead atoms. The van der Waals surface area contributed by atoms with Gasteiger partial charge in [0.1, 0.15) is 11.3 Å². The summed E-state index contributed by atoms with van der Waals surface area (Å²) in [6, 6.07) is 11.3. The molecule has 3 aromatic rings. The van der Waals surface area contributed by atoms with E-state index in [0.717, 1.165) is 32.4 Å². The molecule has 0 aliphatic rings. The van der Waals surface area contributed by atoms with Gasteiger partial charge in [0.2, 0.25) is 0 Å². The van der Waals surface area contributed by atoms with Crippen LogP contribution in [0.2, 0.25) is 5.02 Å². The van der Waals surface area contributed by atoms with Gasteiger partial charge in [-0.1, -0.05) is 35.9 Å². The zero-order valence-corrected chi connectivity index (χ0v) is 16.4. The number of alkyl halides is 3. The van der Waals surface area contributed by atoms with Crippen molar-refractivity contribution in [1.29, 1.82) is 0 Å². The van der Waals surface area contributed by atoms with Gasteiger partial charge < -0.3 is 9.47 Å². The molecule has 30 heavy (non-hydrogen) atoms. The van der Waals surface area contributed by atoms with Gasteiger partial charge in [0.25, 0.3) is 0 Å². The summed E-state index contributed by atoms with van der Waals surface area (Å²) < 4.78 is 49.9. The minimum atomic E-state index is -4.65. The third kappa shape index (κ3) is 3.88. The molecule has 156 valence electrons. The van der Waals surface area contributed by atoms with E-state index < -0.39 is 28.7 Å². The lowest BCUT2D eigenvalue weighted by Gasteiger charge is -2.10. The minimum Gasteiger partial charge on any atom is -0.465 e. The van der Waals surface area contributed by atoms with Crippen molar-refractivity contribution in [1.82, 2.24) is 9.78 Å². The van der Waals surface area contributed by atoms with Crippen molar-refractivity contribution in [2.75, 3.05) is 14.2 Å². The first kappa shape index (κ1) is 21.4. The highest BCUT2D eigenvalue weighted by molar-refractivity contribution is 6.31. The van der Waals surface area contributed by atoms with Crippen molar-refractivity contribution in [3.05, 3.63) is 70.4 Å². The summed E-state index contributed by atoms with van der Waals surface area (Å²) in [6.07, 6.45) is -4.65. The predicted molar refractivity (Wildman–Crippen MR) is 102 cm³/mol. The average Bonchev–Trinajstić information content (AvgIpc) is 3.13. The molecule has 0 spiro atoms. The summed E-state index contributed by atoms with van der Waals surface area (Å²) in [6.45, 7) is 0. The number of ether oxygens (including phenoxy) is 2. The summed E-state index contributed by atoms with van der Waals surface area (Å²) in [5.74, 6) is -1.79. The molecule has 6 nitrogen and oxygen atoms in total. The van der Waals surface area contributed by atoms with E-state index in [2.05, 4.69) is 5.10 Å². The Balaban J connectivity index is 2.32. The van der Waals surface area contributed by atoms with Gasteiger partial charge in [0.05, 0.1) is 30.5 Å². The third-order valence-electron chi connectivity index (χ3n) is 4.20. The molecule has 0 N–H and O–H groups in total. The summed E-state index contributed by atoms with van der Waals surface area (Å²) in [7, 11) is 2.23. The molecule has 3 rings (SSSR count). The van der Waals surface area contributed by atoms with Crippen LogP contribution in [0.15, 0.2) is 48.5 Å². The first-order valence-corrected chi connectivity index (χ1v) is 8.79. The number of hydrogen-bond acceptors (Lipinski definition) is 5. The Bertz CT molecular complexity index is 1110. The molecule has 10 heteroatoms. The van der Waals surface area contributed by atoms with E-state index in [1.165, 1.54) is 4.68 Å². The van der Waals surface area contributed by atoms with E-state index in [1.54, 1.807) is 30.3 Å². The molecule has 0 amide bonds. The molecular formula is C20H14ClF3N2O4. The van der Waals surface area contributed by atoms with Crippen LogP contribution in [0.3, 0.4) is 0 Å². The lowest BCUT2D eigenvalue weighted by Crippen LogP contribution is -2.15. The SMILES string of the molecule is COC(=O)c1c(-c2ccc(C(F)(F)F)c(Cl)c2)nn(-c2ccccc2)c1C(=O)OC. The first-order chi connectivity index (χ1) is 14.2.